The SMILES string of the molecule is C#Cc1ccn(CCC2CCC3C4CCC5CC(CC)(CC)CCC5C4CCC23C)n1.CC.CC.CC. The number of terminal acetylenes is 1. The van der Waals surface area contributed by atoms with E-state index in [0.717, 1.165) is 47.7 Å². The van der Waals surface area contributed by atoms with Crippen molar-refractivity contribution in [1.82, 2.24) is 9.78 Å². The lowest BCUT2D eigenvalue weighted by Gasteiger charge is -2.58. The lowest BCUT2D eigenvalue weighted by Crippen LogP contribution is -2.49. The van der Waals surface area contributed by atoms with Crippen molar-refractivity contribution in [3.8, 4) is 12.3 Å². The maximum atomic E-state index is 5.50. The standard InChI is InChI=1S/C29H44N2.3C2H6/c1-5-23-15-19-31(30-23)18-14-22-9-11-27-26-10-8-21-20-29(6-2,7-3)17-13-24(21)25(26)12-16-28(22,27)4;3*1-2/h1,15,19,21-22,24-27H,6-14,16-18,20H2,2-4H3;3*1-2H3. The zero-order valence-corrected chi connectivity index (χ0v) is 26.3. The highest BCUT2D eigenvalue weighted by atomic mass is 15.3. The van der Waals surface area contributed by atoms with Gasteiger partial charge in [-0.1, -0.05) is 75.2 Å². The van der Waals surface area contributed by atoms with Crippen LogP contribution in [0.25, 0.3) is 0 Å². The van der Waals surface area contributed by atoms with Crippen molar-refractivity contribution in [3.05, 3.63) is 18.0 Å². The van der Waals surface area contributed by atoms with E-state index in [2.05, 4.69) is 42.7 Å². The van der Waals surface area contributed by atoms with Crippen LogP contribution in [0.3, 0.4) is 0 Å². The molecule has 0 spiro atoms. The lowest BCUT2D eigenvalue weighted by atomic mass is 9.47. The van der Waals surface area contributed by atoms with Crippen molar-refractivity contribution < 1.29 is 0 Å². The number of nitrogens with zero attached hydrogens (tertiary/aromatic N) is 2. The van der Waals surface area contributed by atoms with Crippen LogP contribution in [-0.4, -0.2) is 9.78 Å². The van der Waals surface area contributed by atoms with Crippen molar-refractivity contribution in [2.24, 2.45) is 46.3 Å². The molecule has 7 unspecified atom stereocenters. The number of fused-ring (bicyclic) bond motifs is 5. The molecule has 0 N–H and O–H groups in total. The molecular weight excluding hydrogens is 448 g/mol. The Morgan fingerprint density at radius 3 is 2.19 bits per heavy atom. The van der Waals surface area contributed by atoms with Crippen LogP contribution < -0.4 is 0 Å². The van der Waals surface area contributed by atoms with Crippen molar-refractivity contribution in [1.29, 1.82) is 0 Å². The molecule has 4 aliphatic carbocycles. The fourth-order valence-corrected chi connectivity index (χ4v) is 9.39. The highest BCUT2D eigenvalue weighted by Crippen LogP contribution is 2.66. The monoisotopic (exact) mass is 510 g/mol. The minimum atomic E-state index is 0.571. The Morgan fingerprint density at radius 2 is 1.57 bits per heavy atom. The van der Waals surface area contributed by atoms with Crippen LogP contribution in [0.1, 0.15) is 145 Å². The van der Waals surface area contributed by atoms with Gasteiger partial charge in [0.05, 0.1) is 0 Å². The lowest BCUT2D eigenvalue weighted by molar-refractivity contribution is -0.0820. The van der Waals surface area contributed by atoms with E-state index in [0.29, 0.717) is 10.8 Å². The van der Waals surface area contributed by atoms with E-state index in [1.807, 2.05) is 47.6 Å². The highest BCUT2D eigenvalue weighted by Gasteiger charge is 2.57. The van der Waals surface area contributed by atoms with E-state index in [1.165, 1.54) is 70.6 Å². The molecule has 7 atom stereocenters. The van der Waals surface area contributed by atoms with E-state index in [9.17, 15) is 0 Å². The minimum Gasteiger partial charge on any atom is -0.271 e. The Kier molecular flexibility index (Phi) is 12.8. The number of hydrogen-bond donors (Lipinski definition) is 0. The molecular formula is C35H62N2. The molecule has 5 rings (SSSR count). The van der Waals surface area contributed by atoms with Crippen LogP contribution in [0.5, 0.6) is 0 Å². The first kappa shape index (κ1) is 32.0. The number of aryl methyl sites for hydroxylation is 1. The summed E-state index contributed by atoms with van der Waals surface area (Å²) in [6.45, 7) is 20.6. The smallest absolute Gasteiger partial charge is 0.134 e. The van der Waals surface area contributed by atoms with Gasteiger partial charge in [0.15, 0.2) is 0 Å². The molecule has 4 fully saturated rings. The predicted molar refractivity (Wildman–Crippen MR) is 162 cm³/mol. The van der Waals surface area contributed by atoms with E-state index < -0.39 is 0 Å². The molecule has 4 saturated carbocycles. The summed E-state index contributed by atoms with van der Waals surface area (Å²) < 4.78 is 2.08. The summed E-state index contributed by atoms with van der Waals surface area (Å²) in [5.41, 5.74) is 2.03. The topological polar surface area (TPSA) is 17.8 Å². The van der Waals surface area contributed by atoms with Gasteiger partial charge in [-0.3, -0.25) is 4.68 Å². The van der Waals surface area contributed by atoms with Crippen molar-refractivity contribution in [2.45, 2.75) is 146 Å². The summed E-state index contributed by atoms with van der Waals surface area (Å²) in [6, 6.07) is 1.97. The summed E-state index contributed by atoms with van der Waals surface area (Å²) in [6.07, 6.45) is 25.2. The molecule has 1 aromatic heterocycles. The normalized spacial score (nSPS) is 34.9. The zero-order valence-electron chi connectivity index (χ0n) is 26.3. The van der Waals surface area contributed by atoms with Crippen LogP contribution in [0.2, 0.25) is 0 Å². The van der Waals surface area contributed by atoms with Crippen LogP contribution >= 0.6 is 0 Å². The largest absolute Gasteiger partial charge is 0.271 e. The summed E-state index contributed by atoms with van der Waals surface area (Å²) in [5.74, 6) is 8.69. The maximum absolute atomic E-state index is 5.50. The van der Waals surface area contributed by atoms with E-state index >= 15 is 0 Å². The summed E-state index contributed by atoms with van der Waals surface area (Å²) in [7, 11) is 0. The summed E-state index contributed by atoms with van der Waals surface area (Å²) >= 11 is 0. The van der Waals surface area contributed by atoms with E-state index in [4.69, 9.17) is 6.42 Å². The number of hydrogen-bond acceptors (Lipinski definition) is 1. The van der Waals surface area contributed by atoms with Gasteiger partial charge in [-0.05, 0) is 123 Å². The number of aromatic nitrogens is 2. The van der Waals surface area contributed by atoms with Gasteiger partial charge < -0.3 is 0 Å². The summed E-state index contributed by atoms with van der Waals surface area (Å²) in [5, 5.41) is 4.53. The molecule has 1 heterocycles. The van der Waals surface area contributed by atoms with Gasteiger partial charge in [0.25, 0.3) is 0 Å². The van der Waals surface area contributed by atoms with Crippen LogP contribution in [-0.2, 0) is 6.54 Å². The molecule has 0 amide bonds. The molecule has 0 bridgehead atoms. The average Bonchev–Trinajstić information content (AvgIpc) is 3.58. The molecule has 2 nitrogen and oxygen atoms in total. The second-order valence-electron chi connectivity index (χ2n) is 12.1. The predicted octanol–water partition coefficient (Wildman–Crippen LogP) is 10.4. The average molecular weight is 511 g/mol. The second-order valence-corrected chi connectivity index (χ2v) is 12.1. The van der Waals surface area contributed by atoms with Gasteiger partial charge in [-0.15, -0.1) is 6.42 Å². The fraction of sp³-hybridized carbons (Fsp3) is 0.857. The molecule has 2 heteroatoms. The van der Waals surface area contributed by atoms with Crippen LogP contribution in [0.4, 0.5) is 0 Å². The minimum absolute atomic E-state index is 0.571. The third-order valence-electron chi connectivity index (χ3n) is 11.4. The van der Waals surface area contributed by atoms with Crippen molar-refractivity contribution >= 4 is 0 Å². The van der Waals surface area contributed by atoms with E-state index in [-0.39, 0.29) is 0 Å². The van der Waals surface area contributed by atoms with Crippen molar-refractivity contribution in [2.75, 3.05) is 0 Å². The summed E-state index contributed by atoms with van der Waals surface area (Å²) in [4.78, 5) is 0. The molecule has 0 aliphatic heterocycles. The Hall–Kier alpha value is -1.23. The van der Waals surface area contributed by atoms with E-state index in [1.54, 1.807) is 6.42 Å². The molecule has 37 heavy (non-hydrogen) atoms. The molecule has 1 aromatic rings. The third kappa shape index (κ3) is 6.50. The van der Waals surface area contributed by atoms with Gasteiger partial charge in [0, 0.05) is 12.7 Å². The van der Waals surface area contributed by atoms with Gasteiger partial charge >= 0.3 is 0 Å². The van der Waals surface area contributed by atoms with Gasteiger partial charge in [0.2, 0.25) is 0 Å². The Morgan fingerprint density at radius 1 is 0.892 bits per heavy atom. The first-order valence-corrected chi connectivity index (χ1v) is 16.5. The fourth-order valence-electron chi connectivity index (χ4n) is 9.39. The van der Waals surface area contributed by atoms with Crippen LogP contribution in [0, 0.1) is 58.7 Å². The number of rotatable bonds is 5. The molecule has 0 saturated heterocycles. The second kappa shape index (κ2) is 14.8. The Bertz CT molecular complexity index is 811. The molecule has 0 aromatic carbocycles. The zero-order chi connectivity index (χ0) is 27.6. The molecule has 0 radical (unpaired) electrons. The Balaban J connectivity index is 0.000000750. The third-order valence-corrected chi connectivity index (χ3v) is 11.4. The Labute approximate surface area is 232 Å². The maximum Gasteiger partial charge on any atom is 0.134 e. The molecule has 212 valence electrons. The van der Waals surface area contributed by atoms with Gasteiger partial charge in [0.1, 0.15) is 5.69 Å². The highest BCUT2D eigenvalue weighted by molar-refractivity contribution is 5.21. The van der Waals surface area contributed by atoms with Crippen LogP contribution in [0.15, 0.2) is 12.3 Å². The van der Waals surface area contributed by atoms with Crippen molar-refractivity contribution in [3.63, 3.8) is 0 Å². The van der Waals surface area contributed by atoms with Gasteiger partial charge in [-0.25, -0.2) is 0 Å². The first-order chi connectivity index (χ1) is 18.0. The first-order valence-electron chi connectivity index (χ1n) is 16.5. The molecule has 4 aliphatic rings. The van der Waals surface area contributed by atoms with Gasteiger partial charge in [-0.2, -0.15) is 5.10 Å². The quantitative estimate of drug-likeness (QED) is 0.360.